The first-order valence-corrected chi connectivity index (χ1v) is 6.53. The lowest BCUT2D eigenvalue weighted by atomic mass is 10.2. The Labute approximate surface area is 121 Å². The molecule has 0 fully saturated rings. The molecule has 0 saturated carbocycles. The lowest BCUT2D eigenvalue weighted by Gasteiger charge is -2.13. The van der Waals surface area contributed by atoms with E-state index in [0.717, 1.165) is 0 Å². The van der Waals surface area contributed by atoms with Crippen LogP contribution in [-0.4, -0.2) is 9.97 Å². The molecular weight excluding hydrogens is 281 g/mol. The molecule has 6 heteroatoms. The third-order valence-electron chi connectivity index (χ3n) is 2.77. The fourth-order valence-electron chi connectivity index (χ4n) is 1.55. The van der Waals surface area contributed by atoms with Crippen molar-refractivity contribution in [3.63, 3.8) is 0 Å². The summed E-state index contributed by atoms with van der Waals surface area (Å²) in [6.45, 7) is 5.67. The van der Waals surface area contributed by atoms with Crippen LogP contribution in [0.4, 0.5) is 10.2 Å². The maximum absolute atomic E-state index is 13.0. The topological polar surface area (TPSA) is 61.0 Å². The van der Waals surface area contributed by atoms with Gasteiger partial charge in [-0.1, -0.05) is 25.4 Å². The first kappa shape index (κ1) is 14.5. The number of rotatable bonds is 3. The molecule has 1 aromatic carbocycles. The Morgan fingerprint density at radius 3 is 2.60 bits per heavy atom. The third kappa shape index (κ3) is 2.99. The van der Waals surface area contributed by atoms with Crippen LogP contribution in [0.1, 0.15) is 31.2 Å². The van der Waals surface area contributed by atoms with Crippen molar-refractivity contribution in [2.75, 3.05) is 5.73 Å². The second-order valence-corrected chi connectivity index (χ2v) is 5.14. The van der Waals surface area contributed by atoms with Crippen LogP contribution < -0.4 is 10.5 Å². The van der Waals surface area contributed by atoms with Crippen LogP contribution in [-0.2, 0) is 0 Å². The second kappa shape index (κ2) is 5.63. The minimum absolute atomic E-state index is 0.115. The molecule has 106 valence electrons. The number of nitrogen functional groups attached to an aromatic ring is 1. The van der Waals surface area contributed by atoms with Gasteiger partial charge in [0.15, 0.2) is 0 Å². The van der Waals surface area contributed by atoms with Gasteiger partial charge in [-0.25, -0.2) is 9.37 Å². The standard InChI is InChI=1S/C14H15ClFN3O/c1-7(2)13-18-12(17)8(3)14(19-13)20-11-5-4-9(16)6-10(11)15/h4-7H,1-3H3,(H2,17,18,19). The molecule has 20 heavy (non-hydrogen) atoms. The quantitative estimate of drug-likeness (QED) is 0.927. The fraction of sp³-hybridized carbons (Fsp3) is 0.286. The molecule has 0 aliphatic carbocycles. The number of benzene rings is 1. The highest BCUT2D eigenvalue weighted by atomic mass is 35.5. The number of ether oxygens (including phenoxy) is 1. The smallest absolute Gasteiger partial charge is 0.227 e. The van der Waals surface area contributed by atoms with Gasteiger partial charge in [-0.3, -0.25) is 0 Å². The van der Waals surface area contributed by atoms with Gasteiger partial charge in [0.25, 0.3) is 0 Å². The van der Waals surface area contributed by atoms with E-state index in [9.17, 15) is 4.39 Å². The third-order valence-corrected chi connectivity index (χ3v) is 3.07. The summed E-state index contributed by atoms with van der Waals surface area (Å²) in [5.74, 6) is 1.28. The molecule has 0 atom stereocenters. The van der Waals surface area contributed by atoms with E-state index in [1.54, 1.807) is 6.92 Å². The van der Waals surface area contributed by atoms with E-state index < -0.39 is 5.82 Å². The molecule has 0 aliphatic heterocycles. The van der Waals surface area contributed by atoms with Crippen molar-refractivity contribution in [3.8, 4) is 11.6 Å². The summed E-state index contributed by atoms with van der Waals surface area (Å²) in [5.41, 5.74) is 6.47. The molecule has 1 heterocycles. The van der Waals surface area contributed by atoms with Crippen molar-refractivity contribution in [1.29, 1.82) is 0 Å². The molecule has 0 saturated heterocycles. The zero-order chi connectivity index (χ0) is 14.9. The summed E-state index contributed by atoms with van der Waals surface area (Å²) >= 11 is 5.93. The highest BCUT2D eigenvalue weighted by Crippen LogP contribution is 2.32. The lowest BCUT2D eigenvalue weighted by Crippen LogP contribution is -2.06. The maximum atomic E-state index is 13.0. The van der Waals surface area contributed by atoms with Gasteiger partial charge in [-0.15, -0.1) is 0 Å². The summed E-state index contributed by atoms with van der Waals surface area (Å²) in [6.07, 6.45) is 0. The highest BCUT2D eigenvalue weighted by molar-refractivity contribution is 6.32. The van der Waals surface area contributed by atoms with Crippen molar-refractivity contribution in [2.24, 2.45) is 0 Å². The van der Waals surface area contributed by atoms with E-state index in [1.165, 1.54) is 18.2 Å². The second-order valence-electron chi connectivity index (χ2n) is 4.73. The highest BCUT2D eigenvalue weighted by Gasteiger charge is 2.14. The Hall–Kier alpha value is -1.88. The Morgan fingerprint density at radius 2 is 2.00 bits per heavy atom. The van der Waals surface area contributed by atoms with Gasteiger partial charge in [0.05, 0.1) is 10.6 Å². The first-order valence-electron chi connectivity index (χ1n) is 6.15. The Morgan fingerprint density at radius 1 is 1.30 bits per heavy atom. The van der Waals surface area contributed by atoms with Gasteiger partial charge in [0, 0.05) is 5.92 Å². The van der Waals surface area contributed by atoms with E-state index in [1.807, 2.05) is 13.8 Å². The fourth-order valence-corrected chi connectivity index (χ4v) is 1.76. The zero-order valence-electron chi connectivity index (χ0n) is 11.4. The molecule has 1 aromatic heterocycles. The zero-order valence-corrected chi connectivity index (χ0v) is 12.2. The number of aromatic nitrogens is 2. The number of nitrogens with zero attached hydrogens (tertiary/aromatic N) is 2. The largest absolute Gasteiger partial charge is 0.437 e. The van der Waals surface area contributed by atoms with Crippen LogP contribution in [0, 0.1) is 12.7 Å². The molecule has 0 bridgehead atoms. The number of halogens is 2. The van der Waals surface area contributed by atoms with E-state index in [2.05, 4.69) is 9.97 Å². The molecule has 2 aromatic rings. The van der Waals surface area contributed by atoms with Gasteiger partial charge in [0.1, 0.15) is 23.2 Å². The average molecular weight is 296 g/mol. The number of hydrogen-bond donors (Lipinski definition) is 1. The number of nitrogens with two attached hydrogens (primary N) is 1. The summed E-state index contributed by atoms with van der Waals surface area (Å²) in [6, 6.07) is 3.90. The maximum Gasteiger partial charge on any atom is 0.227 e. The van der Waals surface area contributed by atoms with E-state index in [-0.39, 0.29) is 10.9 Å². The van der Waals surface area contributed by atoms with Crippen LogP contribution >= 0.6 is 11.6 Å². The molecule has 0 unspecified atom stereocenters. The molecular formula is C14H15ClFN3O. The minimum Gasteiger partial charge on any atom is -0.437 e. The molecule has 0 radical (unpaired) electrons. The Kier molecular flexibility index (Phi) is 4.09. The normalized spacial score (nSPS) is 10.9. The van der Waals surface area contributed by atoms with Crippen LogP contribution in [0.15, 0.2) is 18.2 Å². The van der Waals surface area contributed by atoms with Crippen molar-refractivity contribution >= 4 is 17.4 Å². The Bertz CT molecular complexity index is 647. The molecule has 2 N–H and O–H groups in total. The predicted molar refractivity (Wildman–Crippen MR) is 76.8 cm³/mol. The van der Waals surface area contributed by atoms with Crippen LogP contribution in [0.2, 0.25) is 5.02 Å². The van der Waals surface area contributed by atoms with Crippen molar-refractivity contribution < 1.29 is 9.13 Å². The van der Waals surface area contributed by atoms with Gasteiger partial charge < -0.3 is 10.5 Å². The summed E-state index contributed by atoms with van der Waals surface area (Å²) in [5, 5.41) is 0.174. The summed E-state index contributed by atoms with van der Waals surface area (Å²) < 4.78 is 18.7. The van der Waals surface area contributed by atoms with Crippen molar-refractivity contribution in [1.82, 2.24) is 9.97 Å². The van der Waals surface area contributed by atoms with Crippen molar-refractivity contribution in [3.05, 3.63) is 40.4 Å². The molecule has 4 nitrogen and oxygen atoms in total. The van der Waals surface area contributed by atoms with Crippen molar-refractivity contribution in [2.45, 2.75) is 26.7 Å². The molecule has 0 spiro atoms. The molecule has 2 rings (SSSR count). The van der Waals surface area contributed by atoms with Crippen LogP contribution in [0.3, 0.4) is 0 Å². The van der Waals surface area contributed by atoms with Gasteiger partial charge in [-0.2, -0.15) is 4.98 Å². The summed E-state index contributed by atoms with van der Waals surface area (Å²) in [4.78, 5) is 8.53. The number of hydrogen-bond acceptors (Lipinski definition) is 4. The molecule has 0 amide bonds. The van der Waals surface area contributed by atoms with Crippen LogP contribution in [0.5, 0.6) is 11.6 Å². The van der Waals surface area contributed by atoms with E-state index >= 15 is 0 Å². The first-order chi connectivity index (χ1) is 9.38. The minimum atomic E-state index is -0.427. The van der Waals surface area contributed by atoms with Crippen LogP contribution in [0.25, 0.3) is 0 Å². The molecule has 0 aliphatic rings. The van der Waals surface area contributed by atoms with Gasteiger partial charge >= 0.3 is 0 Å². The summed E-state index contributed by atoms with van der Waals surface area (Å²) in [7, 11) is 0. The Balaban J connectivity index is 2.42. The SMILES string of the molecule is Cc1c(N)nc(C(C)C)nc1Oc1ccc(F)cc1Cl. The predicted octanol–water partition coefficient (Wildman–Crippen LogP) is 4.08. The van der Waals surface area contributed by atoms with E-state index in [4.69, 9.17) is 22.1 Å². The van der Waals surface area contributed by atoms with Gasteiger partial charge in [0.2, 0.25) is 5.88 Å². The lowest BCUT2D eigenvalue weighted by molar-refractivity contribution is 0.452. The van der Waals surface area contributed by atoms with E-state index in [0.29, 0.717) is 28.8 Å². The average Bonchev–Trinajstić information content (AvgIpc) is 2.37. The van der Waals surface area contributed by atoms with Gasteiger partial charge in [-0.05, 0) is 25.1 Å². The monoisotopic (exact) mass is 295 g/mol. The number of anilines is 1.